The molecule has 5 heteroatoms. The summed E-state index contributed by atoms with van der Waals surface area (Å²) in [6.45, 7) is 0. The van der Waals surface area contributed by atoms with Gasteiger partial charge in [-0.1, -0.05) is 0 Å². The van der Waals surface area contributed by atoms with Gasteiger partial charge in [-0.3, -0.25) is 4.79 Å². The smallest absolute Gasteiger partial charge is 0.341 e. The van der Waals surface area contributed by atoms with Gasteiger partial charge >= 0.3 is 12.4 Å². The number of esters is 1. The molecule has 0 fully saturated rings. The predicted octanol–water partition coefficient (Wildman–Crippen LogP) is 0.658. The van der Waals surface area contributed by atoms with Crippen molar-refractivity contribution in [1.29, 1.82) is 0 Å². The minimum absolute atomic E-state index is 0.0453. The van der Waals surface area contributed by atoms with E-state index in [1.807, 2.05) is 0 Å². The second-order valence-electron chi connectivity index (χ2n) is 2.45. The molecule has 0 aliphatic heterocycles. The molecular formula is C9H8NO4. The normalized spacial score (nSPS) is 9.21. The zero-order valence-electron chi connectivity index (χ0n) is 7.40. The van der Waals surface area contributed by atoms with Crippen molar-refractivity contribution in [3.63, 3.8) is 0 Å². The molecule has 1 radical (unpaired) electrons. The number of amides is 1. The quantitative estimate of drug-likeness (QED) is 0.547. The Morgan fingerprint density at radius 1 is 1.57 bits per heavy atom. The van der Waals surface area contributed by atoms with Crippen LogP contribution in [0.4, 0.5) is 5.69 Å². The third-order valence-electron chi connectivity index (χ3n) is 1.60. The van der Waals surface area contributed by atoms with E-state index in [0.29, 0.717) is 5.69 Å². The molecule has 0 saturated carbocycles. The highest BCUT2D eigenvalue weighted by Crippen LogP contribution is 2.22. The van der Waals surface area contributed by atoms with Crippen LogP contribution in [0.15, 0.2) is 18.2 Å². The number of aromatic hydroxyl groups is 1. The van der Waals surface area contributed by atoms with Crippen molar-refractivity contribution in [3.05, 3.63) is 23.8 Å². The first-order chi connectivity index (χ1) is 6.69. The molecule has 1 aromatic rings. The first-order valence-corrected chi connectivity index (χ1v) is 3.73. The van der Waals surface area contributed by atoms with Gasteiger partial charge in [0.25, 0.3) is 0 Å². The van der Waals surface area contributed by atoms with E-state index < -0.39 is 5.97 Å². The number of anilines is 1. The Balaban J connectivity index is 3.00. The topological polar surface area (TPSA) is 75.6 Å². The summed E-state index contributed by atoms with van der Waals surface area (Å²) in [5.74, 6) is -0.888. The molecular weight excluding hydrogens is 186 g/mol. The van der Waals surface area contributed by atoms with Crippen LogP contribution in [0.2, 0.25) is 0 Å². The van der Waals surface area contributed by atoms with Crippen molar-refractivity contribution in [2.24, 2.45) is 0 Å². The van der Waals surface area contributed by atoms with E-state index >= 15 is 0 Å². The Bertz CT molecular complexity index is 362. The van der Waals surface area contributed by atoms with Crippen LogP contribution >= 0.6 is 0 Å². The molecule has 1 aromatic carbocycles. The van der Waals surface area contributed by atoms with E-state index in [1.165, 1.54) is 31.7 Å². The van der Waals surface area contributed by atoms with E-state index in [0.717, 1.165) is 0 Å². The van der Waals surface area contributed by atoms with Crippen LogP contribution < -0.4 is 5.32 Å². The summed E-state index contributed by atoms with van der Waals surface area (Å²) < 4.78 is 4.42. The minimum atomic E-state index is -0.635. The van der Waals surface area contributed by atoms with Crippen molar-refractivity contribution < 1.29 is 19.4 Å². The maximum absolute atomic E-state index is 11.0. The molecule has 0 bridgehead atoms. The maximum atomic E-state index is 11.0. The lowest BCUT2D eigenvalue weighted by Crippen LogP contribution is -2.02. The molecule has 0 saturated heterocycles. The van der Waals surface area contributed by atoms with Gasteiger partial charge in [-0.05, 0) is 12.1 Å². The highest BCUT2D eigenvalue weighted by molar-refractivity contribution is 5.93. The molecule has 2 N–H and O–H groups in total. The molecule has 0 atom stereocenters. The summed E-state index contributed by atoms with van der Waals surface area (Å²) >= 11 is 0. The lowest BCUT2D eigenvalue weighted by Gasteiger charge is -2.03. The largest absolute Gasteiger partial charge is 0.507 e. The van der Waals surface area contributed by atoms with Crippen LogP contribution in [0.3, 0.4) is 0 Å². The molecule has 0 aliphatic rings. The second kappa shape index (κ2) is 4.27. The van der Waals surface area contributed by atoms with Gasteiger partial charge in [0.1, 0.15) is 11.3 Å². The molecule has 0 aromatic heterocycles. The van der Waals surface area contributed by atoms with Gasteiger partial charge in [0.15, 0.2) is 0 Å². The average Bonchev–Trinajstić information content (AvgIpc) is 2.17. The van der Waals surface area contributed by atoms with E-state index in [-0.39, 0.29) is 11.3 Å². The fraction of sp³-hybridized carbons (Fsp3) is 0.111. The molecule has 0 heterocycles. The number of hydrogen-bond donors (Lipinski definition) is 2. The van der Waals surface area contributed by atoms with Gasteiger partial charge in [-0.2, -0.15) is 0 Å². The van der Waals surface area contributed by atoms with Crippen LogP contribution in [-0.2, 0) is 9.53 Å². The van der Waals surface area contributed by atoms with Gasteiger partial charge < -0.3 is 15.2 Å². The molecule has 1 rings (SSSR count). The summed E-state index contributed by atoms with van der Waals surface area (Å²) in [6, 6.07) is 4.04. The van der Waals surface area contributed by atoms with Crippen LogP contribution in [0.1, 0.15) is 10.4 Å². The highest BCUT2D eigenvalue weighted by atomic mass is 16.5. The Morgan fingerprint density at radius 3 is 2.79 bits per heavy atom. The van der Waals surface area contributed by atoms with Gasteiger partial charge in [0.05, 0.1) is 7.11 Å². The molecule has 73 valence electrons. The van der Waals surface area contributed by atoms with Crippen LogP contribution in [0, 0.1) is 0 Å². The first kappa shape index (κ1) is 10.0. The lowest BCUT2D eigenvalue weighted by atomic mass is 10.2. The van der Waals surface area contributed by atoms with Crippen molar-refractivity contribution in [1.82, 2.24) is 0 Å². The summed E-state index contributed by atoms with van der Waals surface area (Å²) in [5, 5.41) is 11.6. The third kappa shape index (κ3) is 2.01. The number of phenols is 1. The fourth-order valence-corrected chi connectivity index (χ4v) is 0.951. The first-order valence-electron chi connectivity index (χ1n) is 3.73. The fourth-order valence-electron chi connectivity index (χ4n) is 0.951. The predicted molar refractivity (Wildman–Crippen MR) is 48.8 cm³/mol. The molecule has 14 heavy (non-hydrogen) atoms. The van der Waals surface area contributed by atoms with Crippen LogP contribution in [0.5, 0.6) is 5.75 Å². The Labute approximate surface area is 80.3 Å². The number of nitrogens with one attached hydrogen (secondary N) is 1. The summed E-state index contributed by atoms with van der Waals surface area (Å²) in [7, 11) is 1.22. The number of carbonyl (C=O) groups is 1. The lowest BCUT2D eigenvalue weighted by molar-refractivity contribution is 0.0597. The maximum Gasteiger partial charge on any atom is 0.341 e. The van der Waals surface area contributed by atoms with Crippen molar-refractivity contribution >= 4 is 18.1 Å². The molecule has 1 amide bonds. The third-order valence-corrected chi connectivity index (χ3v) is 1.60. The van der Waals surface area contributed by atoms with E-state index in [1.54, 1.807) is 0 Å². The number of phenolic OH excluding ortho intramolecular Hbond substituents is 1. The number of carbonyl (C=O) groups excluding carboxylic acids is 2. The Kier molecular flexibility index (Phi) is 3.06. The number of rotatable bonds is 3. The molecule has 0 spiro atoms. The number of hydrogen-bond acceptors (Lipinski definition) is 4. The SMILES string of the molecule is COC(=O)c1ccc(N[C]=O)cc1O. The standard InChI is InChI=1S/C9H8NO4/c1-14-9(13)7-3-2-6(10-5-11)4-8(7)12/h2-4,12H,1H3,(H,10,11). The summed E-state index contributed by atoms with van der Waals surface area (Å²) in [5.41, 5.74) is 0.397. The minimum Gasteiger partial charge on any atom is -0.507 e. The molecule has 0 aliphatic carbocycles. The van der Waals surface area contributed by atoms with Crippen LogP contribution in [0.25, 0.3) is 0 Å². The second-order valence-corrected chi connectivity index (χ2v) is 2.45. The van der Waals surface area contributed by atoms with E-state index in [9.17, 15) is 14.7 Å². The van der Waals surface area contributed by atoms with Gasteiger partial charge in [-0.25, -0.2) is 4.79 Å². The zero-order valence-corrected chi connectivity index (χ0v) is 7.40. The molecule has 5 nitrogen and oxygen atoms in total. The van der Waals surface area contributed by atoms with Crippen molar-refractivity contribution in [2.45, 2.75) is 0 Å². The average molecular weight is 194 g/mol. The number of benzene rings is 1. The van der Waals surface area contributed by atoms with Gasteiger partial charge in [0.2, 0.25) is 0 Å². The van der Waals surface area contributed by atoms with Gasteiger partial charge in [-0.15, -0.1) is 0 Å². The van der Waals surface area contributed by atoms with Crippen LogP contribution in [-0.4, -0.2) is 24.6 Å². The van der Waals surface area contributed by atoms with E-state index in [2.05, 4.69) is 10.1 Å². The monoisotopic (exact) mass is 194 g/mol. The zero-order chi connectivity index (χ0) is 10.6. The Morgan fingerprint density at radius 2 is 2.29 bits per heavy atom. The highest BCUT2D eigenvalue weighted by Gasteiger charge is 2.11. The molecule has 0 unspecified atom stereocenters. The van der Waals surface area contributed by atoms with Crippen molar-refractivity contribution in [3.8, 4) is 5.75 Å². The number of ether oxygens (including phenoxy) is 1. The Hall–Kier alpha value is -2.04. The van der Waals surface area contributed by atoms with E-state index in [4.69, 9.17) is 0 Å². The van der Waals surface area contributed by atoms with Crippen molar-refractivity contribution in [2.75, 3.05) is 12.4 Å². The van der Waals surface area contributed by atoms with Gasteiger partial charge in [0, 0.05) is 11.8 Å². The summed E-state index contributed by atoms with van der Waals surface area (Å²) in [6.07, 6.45) is 1.45. The summed E-state index contributed by atoms with van der Waals surface area (Å²) in [4.78, 5) is 21.0. The number of methoxy groups -OCH3 is 1.